The van der Waals surface area contributed by atoms with Gasteiger partial charge in [-0.2, -0.15) is 0 Å². The van der Waals surface area contributed by atoms with Gasteiger partial charge < -0.3 is 19.9 Å². The number of hydrogen-bond acceptors (Lipinski definition) is 2. The molecule has 2 N–H and O–H groups in total. The van der Waals surface area contributed by atoms with Crippen LogP contribution < -0.4 is 10.6 Å². The molecule has 1 heterocycles. The van der Waals surface area contributed by atoms with Crippen LogP contribution in [-0.2, 0) is 18.3 Å². The molecular formula is C12H21N3OS. The van der Waals surface area contributed by atoms with Crippen LogP contribution in [0.5, 0.6) is 0 Å². The average molecular weight is 255 g/mol. The molecule has 4 nitrogen and oxygen atoms in total. The highest BCUT2D eigenvalue weighted by molar-refractivity contribution is 7.80. The Morgan fingerprint density at radius 3 is 2.94 bits per heavy atom. The van der Waals surface area contributed by atoms with Crippen LogP contribution in [0.25, 0.3) is 0 Å². The second-order valence-electron chi connectivity index (χ2n) is 3.85. The molecule has 0 aliphatic rings. The minimum absolute atomic E-state index is 0.699. The van der Waals surface area contributed by atoms with E-state index in [4.69, 9.17) is 17.0 Å². The number of hydrogen-bond donors (Lipinski definition) is 2. The zero-order valence-corrected chi connectivity index (χ0v) is 11.3. The Hall–Kier alpha value is -1.07. The van der Waals surface area contributed by atoms with E-state index in [0.29, 0.717) is 5.11 Å². The molecule has 1 aromatic heterocycles. The molecule has 5 heteroatoms. The van der Waals surface area contributed by atoms with Crippen LogP contribution in [-0.4, -0.2) is 29.4 Å². The Morgan fingerprint density at radius 2 is 2.29 bits per heavy atom. The van der Waals surface area contributed by atoms with Gasteiger partial charge in [0.2, 0.25) is 0 Å². The molecule has 0 saturated carbocycles. The lowest BCUT2D eigenvalue weighted by molar-refractivity contribution is 0.145. The molecule has 17 heavy (non-hydrogen) atoms. The first-order valence-electron chi connectivity index (χ1n) is 5.92. The van der Waals surface area contributed by atoms with Crippen molar-refractivity contribution in [2.75, 3.05) is 19.8 Å². The first kappa shape index (κ1) is 14.0. The fourth-order valence-corrected chi connectivity index (χ4v) is 1.61. The van der Waals surface area contributed by atoms with Crippen molar-refractivity contribution in [2.45, 2.75) is 19.9 Å². The minimum atomic E-state index is 0.699. The quantitative estimate of drug-likeness (QED) is 0.571. The molecule has 0 radical (unpaired) electrons. The van der Waals surface area contributed by atoms with E-state index in [1.54, 1.807) is 0 Å². The number of ether oxygens (including phenoxy) is 1. The highest BCUT2D eigenvalue weighted by Crippen LogP contribution is 1.98. The minimum Gasteiger partial charge on any atom is -0.382 e. The summed E-state index contributed by atoms with van der Waals surface area (Å²) in [5, 5.41) is 7.02. The van der Waals surface area contributed by atoms with Crippen LogP contribution in [0.1, 0.15) is 18.9 Å². The van der Waals surface area contributed by atoms with Crippen molar-refractivity contribution < 1.29 is 4.74 Å². The van der Waals surface area contributed by atoms with Gasteiger partial charge in [-0.1, -0.05) is 0 Å². The van der Waals surface area contributed by atoms with Crippen molar-refractivity contribution in [3.8, 4) is 0 Å². The third-order valence-corrected chi connectivity index (χ3v) is 2.59. The first-order valence-corrected chi connectivity index (χ1v) is 6.33. The molecule has 0 unspecified atom stereocenters. The zero-order valence-electron chi connectivity index (χ0n) is 10.5. The Balaban J connectivity index is 2.05. The molecule has 0 bridgehead atoms. The molecular weight excluding hydrogens is 234 g/mol. The van der Waals surface area contributed by atoms with Gasteiger partial charge in [0.05, 0.1) is 0 Å². The summed E-state index contributed by atoms with van der Waals surface area (Å²) in [7, 11) is 2.01. The maximum atomic E-state index is 5.24. The second-order valence-corrected chi connectivity index (χ2v) is 4.25. The van der Waals surface area contributed by atoms with Gasteiger partial charge in [0, 0.05) is 45.7 Å². The number of thiocarbonyl (C=S) groups is 1. The Morgan fingerprint density at radius 1 is 1.47 bits per heavy atom. The predicted octanol–water partition coefficient (Wildman–Crippen LogP) is 1.42. The van der Waals surface area contributed by atoms with Gasteiger partial charge in [-0.15, -0.1) is 0 Å². The molecule has 0 spiro atoms. The fourth-order valence-electron chi connectivity index (χ4n) is 1.43. The lowest BCUT2D eigenvalue weighted by Crippen LogP contribution is -2.35. The molecule has 96 valence electrons. The van der Waals surface area contributed by atoms with Crippen molar-refractivity contribution in [2.24, 2.45) is 7.05 Å². The van der Waals surface area contributed by atoms with E-state index in [9.17, 15) is 0 Å². The Labute approximate surface area is 108 Å². The number of rotatable bonds is 7. The molecule has 0 saturated heterocycles. The van der Waals surface area contributed by atoms with E-state index in [1.807, 2.05) is 24.7 Å². The molecule has 0 aromatic carbocycles. The van der Waals surface area contributed by atoms with Gasteiger partial charge in [-0.25, -0.2) is 0 Å². The maximum Gasteiger partial charge on any atom is 0.166 e. The number of nitrogens with zero attached hydrogens (tertiary/aromatic N) is 1. The summed E-state index contributed by atoms with van der Waals surface area (Å²) in [5.74, 6) is 0. The van der Waals surface area contributed by atoms with E-state index >= 15 is 0 Å². The summed E-state index contributed by atoms with van der Waals surface area (Å²) in [6.07, 6.45) is 5.07. The number of aromatic nitrogens is 1. The molecule has 0 fully saturated rings. The van der Waals surface area contributed by atoms with Crippen LogP contribution in [0.15, 0.2) is 18.5 Å². The van der Waals surface area contributed by atoms with E-state index < -0.39 is 0 Å². The van der Waals surface area contributed by atoms with Crippen molar-refractivity contribution in [1.29, 1.82) is 0 Å². The predicted molar refractivity (Wildman–Crippen MR) is 74.0 cm³/mol. The molecule has 0 amide bonds. The van der Waals surface area contributed by atoms with E-state index in [2.05, 4.69) is 22.9 Å². The van der Waals surface area contributed by atoms with E-state index in [1.165, 1.54) is 5.56 Å². The summed E-state index contributed by atoms with van der Waals surface area (Å²) >= 11 is 5.17. The van der Waals surface area contributed by atoms with Crippen LogP contribution >= 0.6 is 12.2 Å². The van der Waals surface area contributed by atoms with Crippen molar-refractivity contribution in [1.82, 2.24) is 15.2 Å². The van der Waals surface area contributed by atoms with E-state index in [-0.39, 0.29) is 0 Å². The highest BCUT2D eigenvalue weighted by atomic mass is 32.1. The largest absolute Gasteiger partial charge is 0.382 e. The van der Waals surface area contributed by atoms with Gasteiger partial charge in [0.25, 0.3) is 0 Å². The van der Waals surface area contributed by atoms with Gasteiger partial charge in [0.15, 0.2) is 5.11 Å². The number of aryl methyl sites for hydroxylation is 1. The van der Waals surface area contributed by atoms with Crippen LogP contribution in [0.4, 0.5) is 0 Å². The summed E-state index contributed by atoms with van der Waals surface area (Å²) in [4.78, 5) is 0. The lowest BCUT2D eigenvalue weighted by atomic mass is 10.3. The van der Waals surface area contributed by atoms with Crippen molar-refractivity contribution >= 4 is 17.3 Å². The first-order chi connectivity index (χ1) is 8.22. The molecule has 0 aliphatic heterocycles. The molecule has 1 rings (SSSR count). The summed E-state index contributed by atoms with van der Waals surface area (Å²) in [6, 6.07) is 2.07. The Kier molecular flexibility index (Phi) is 6.65. The normalized spacial score (nSPS) is 10.2. The summed E-state index contributed by atoms with van der Waals surface area (Å²) in [5.41, 5.74) is 1.23. The Bertz CT molecular complexity index is 338. The number of nitrogens with one attached hydrogen (secondary N) is 2. The maximum absolute atomic E-state index is 5.24. The zero-order chi connectivity index (χ0) is 12.5. The molecule has 0 atom stereocenters. The molecule has 1 aromatic rings. The van der Waals surface area contributed by atoms with Crippen LogP contribution in [0.2, 0.25) is 0 Å². The van der Waals surface area contributed by atoms with Crippen molar-refractivity contribution in [3.63, 3.8) is 0 Å². The summed E-state index contributed by atoms with van der Waals surface area (Å²) in [6.45, 7) is 5.17. The third kappa shape index (κ3) is 6.28. The standard InChI is InChI=1S/C12H21N3OS/c1-3-16-8-4-6-13-12(17)14-9-11-5-7-15(2)10-11/h5,7,10H,3-4,6,8-9H2,1-2H3,(H2,13,14,17). The van der Waals surface area contributed by atoms with Crippen LogP contribution in [0.3, 0.4) is 0 Å². The SMILES string of the molecule is CCOCCCNC(=S)NCc1ccn(C)c1. The van der Waals surface area contributed by atoms with Gasteiger partial charge in [-0.3, -0.25) is 0 Å². The molecule has 0 aliphatic carbocycles. The van der Waals surface area contributed by atoms with Gasteiger partial charge in [0.1, 0.15) is 0 Å². The average Bonchev–Trinajstić information content (AvgIpc) is 2.72. The van der Waals surface area contributed by atoms with Crippen molar-refractivity contribution in [3.05, 3.63) is 24.0 Å². The monoisotopic (exact) mass is 255 g/mol. The van der Waals surface area contributed by atoms with E-state index in [0.717, 1.165) is 32.7 Å². The summed E-state index contributed by atoms with van der Waals surface area (Å²) < 4.78 is 7.26. The second kappa shape index (κ2) is 8.08. The lowest BCUT2D eigenvalue weighted by Gasteiger charge is -2.09. The highest BCUT2D eigenvalue weighted by Gasteiger charge is 1.97. The smallest absolute Gasteiger partial charge is 0.166 e. The van der Waals surface area contributed by atoms with Crippen LogP contribution in [0, 0.1) is 0 Å². The van der Waals surface area contributed by atoms with Gasteiger partial charge in [-0.05, 0) is 37.2 Å². The fraction of sp³-hybridized carbons (Fsp3) is 0.583. The van der Waals surface area contributed by atoms with Gasteiger partial charge >= 0.3 is 0 Å². The third-order valence-electron chi connectivity index (χ3n) is 2.30. The topological polar surface area (TPSA) is 38.2 Å².